The lowest BCUT2D eigenvalue weighted by atomic mass is 10.1. The average Bonchev–Trinajstić information content (AvgIpc) is 3.52. The minimum absolute atomic E-state index is 0.234. The Morgan fingerprint density at radius 3 is 2.47 bits per heavy atom. The van der Waals surface area contributed by atoms with Gasteiger partial charge in [0.05, 0.1) is 20.8 Å². The van der Waals surface area contributed by atoms with Crippen LogP contribution in [0.3, 0.4) is 0 Å². The number of para-hydroxylation sites is 1. The average molecular weight is 522 g/mol. The van der Waals surface area contributed by atoms with Crippen molar-refractivity contribution in [2.24, 2.45) is 5.10 Å². The number of piperazine rings is 1. The molecule has 0 amide bonds. The Labute approximate surface area is 212 Å². The molecular weight excluding hydrogens is 499 g/mol. The van der Waals surface area contributed by atoms with Crippen LogP contribution < -0.4 is 15.2 Å². The highest BCUT2D eigenvalue weighted by Crippen LogP contribution is 2.31. The van der Waals surface area contributed by atoms with E-state index in [0.29, 0.717) is 43.3 Å². The predicted octanol–water partition coefficient (Wildman–Crippen LogP) is 3.99. The lowest BCUT2D eigenvalue weighted by Crippen LogP contribution is -2.48. The van der Waals surface area contributed by atoms with Crippen LogP contribution in [0.2, 0.25) is 0 Å². The maximum Gasteiger partial charge on any atom is 0.243 e. The number of hydrogen-bond acceptors (Lipinski definition) is 7. The predicted molar refractivity (Wildman–Crippen MR) is 140 cm³/mol. The second kappa shape index (κ2) is 8.84. The fourth-order valence-electron chi connectivity index (χ4n) is 4.41. The van der Waals surface area contributed by atoms with Crippen LogP contribution in [0.4, 0.5) is 20.9 Å². The number of anilines is 2. The van der Waals surface area contributed by atoms with E-state index in [0.717, 1.165) is 21.0 Å². The summed E-state index contributed by atoms with van der Waals surface area (Å²) in [6.45, 7) is 1.94. The lowest BCUT2D eigenvalue weighted by molar-refractivity contribution is 0.385. The van der Waals surface area contributed by atoms with Gasteiger partial charge < -0.3 is 9.80 Å². The lowest BCUT2D eigenvalue weighted by Gasteiger charge is -2.33. The SMILES string of the molecule is CN(C1=N[N]c2ccc(F)cc21)c1ccc(S(=O)(=O)N2CCN(c3nc4ccccc4s3)CC2)cc1. The third kappa shape index (κ3) is 3.98. The zero-order chi connectivity index (χ0) is 24.9. The van der Waals surface area contributed by atoms with E-state index in [1.807, 2.05) is 24.3 Å². The maximum absolute atomic E-state index is 13.7. The van der Waals surface area contributed by atoms with Crippen LogP contribution in [0.5, 0.6) is 0 Å². The fraction of sp³-hybridized carbons (Fsp3) is 0.200. The molecule has 36 heavy (non-hydrogen) atoms. The highest BCUT2D eigenvalue weighted by atomic mass is 32.2. The summed E-state index contributed by atoms with van der Waals surface area (Å²) >= 11 is 1.63. The van der Waals surface area contributed by atoms with Gasteiger partial charge in [0.1, 0.15) is 5.82 Å². The molecular formula is C25H22FN6O2S2. The summed E-state index contributed by atoms with van der Waals surface area (Å²) in [6.07, 6.45) is 0. The van der Waals surface area contributed by atoms with E-state index in [-0.39, 0.29) is 10.7 Å². The summed E-state index contributed by atoms with van der Waals surface area (Å²) in [5.41, 5.74) is 6.98. The normalized spacial score (nSPS) is 16.1. The van der Waals surface area contributed by atoms with Gasteiger partial charge in [0.15, 0.2) is 11.0 Å². The molecule has 1 saturated heterocycles. The molecule has 3 heterocycles. The van der Waals surface area contributed by atoms with E-state index in [1.54, 1.807) is 53.6 Å². The van der Waals surface area contributed by atoms with Crippen molar-refractivity contribution in [2.75, 3.05) is 43.0 Å². The number of aromatic nitrogens is 1. The number of halogens is 1. The Kier molecular flexibility index (Phi) is 5.62. The summed E-state index contributed by atoms with van der Waals surface area (Å²) < 4.78 is 43.0. The first-order chi connectivity index (χ1) is 17.4. The van der Waals surface area contributed by atoms with Crippen LogP contribution in [0.25, 0.3) is 10.2 Å². The van der Waals surface area contributed by atoms with Gasteiger partial charge in [0.25, 0.3) is 0 Å². The van der Waals surface area contributed by atoms with Crippen molar-refractivity contribution < 1.29 is 12.8 Å². The first-order valence-corrected chi connectivity index (χ1v) is 13.7. The molecule has 1 aromatic heterocycles. The molecule has 0 N–H and O–H groups in total. The maximum atomic E-state index is 13.7. The standard InChI is InChI=1S/C25H22FN6O2S2/c1-30(24-20-16-17(26)6-11-21(20)28-29-24)18-7-9-19(10-8-18)36(33,34)32-14-12-31(13-15-32)25-27-22-4-2-3-5-23(22)35-25/h2-11,16H,12-15H2,1H3. The highest BCUT2D eigenvalue weighted by Gasteiger charge is 2.30. The highest BCUT2D eigenvalue weighted by molar-refractivity contribution is 7.89. The topological polar surface area (TPSA) is 83.2 Å². The molecule has 0 atom stereocenters. The van der Waals surface area contributed by atoms with Gasteiger partial charge in [0.2, 0.25) is 10.0 Å². The molecule has 11 heteroatoms. The van der Waals surface area contributed by atoms with Crippen molar-refractivity contribution in [2.45, 2.75) is 4.90 Å². The Balaban J connectivity index is 1.15. The first-order valence-electron chi connectivity index (χ1n) is 11.4. The van der Waals surface area contributed by atoms with E-state index in [2.05, 4.69) is 15.4 Å². The van der Waals surface area contributed by atoms with Gasteiger partial charge >= 0.3 is 0 Å². The Morgan fingerprint density at radius 2 is 1.72 bits per heavy atom. The number of nitrogens with zero attached hydrogens (tertiary/aromatic N) is 6. The van der Waals surface area contributed by atoms with Crippen LogP contribution in [0.15, 0.2) is 76.7 Å². The number of rotatable bonds is 4. The number of amidine groups is 1. The summed E-state index contributed by atoms with van der Waals surface area (Å²) in [6, 6.07) is 19.0. The molecule has 0 saturated carbocycles. The molecule has 183 valence electrons. The van der Waals surface area contributed by atoms with E-state index in [1.165, 1.54) is 16.4 Å². The van der Waals surface area contributed by atoms with Crippen LogP contribution >= 0.6 is 11.3 Å². The number of sulfonamides is 1. The van der Waals surface area contributed by atoms with E-state index >= 15 is 0 Å². The van der Waals surface area contributed by atoms with Gasteiger partial charge in [0, 0.05) is 44.5 Å². The van der Waals surface area contributed by atoms with Gasteiger partial charge in [-0.05, 0) is 54.6 Å². The Hall–Kier alpha value is -3.54. The molecule has 0 spiro atoms. The van der Waals surface area contributed by atoms with Crippen molar-refractivity contribution in [3.63, 3.8) is 0 Å². The zero-order valence-corrected chi connectivity index (χ0v) is 21.0. The van der Waals surface area contributed by atoms with Crippen LogP contribution in [-0.4, -0.2) is 56.8 Å². The molecule has 0 unspecified atom stereocenters. The fourth-order valence-corrected chi connectivity index (χ4v) is 6.84. The first kappa shape index (κ1) is 22.9. The molecule has 3 aromatic carbocycles. The number of benzene rings is 3. The van der Waals surface area contributed by atoms with Gasteiger partial charge in [-0.25, -0.2) is 17.8 Å². The third-order valence-electron chi connectivity index (χ3n) is 6.42. The molecule has 2 aliphatic rings. The minimum Gasteiger partial charge on any atom is -0.345 e. The summed E-state index contributed by atoms with van der Waals surface area (Å²) in [7, 11) is -1.84. The second-order valence-corrected chi connectivity index (χ2v) is 11.5. The summed E-state index contributed by atoms with van der Waals surface area (Å²) in [4.78, 5) is 8.84. The van der Waals surface area contributed by atoms with E-state index in [9.17, 15) is 12.8 Å². The molecule has 8 nitrogen and oxygen atoms in total. The van der Waals surface area contributed by atoms with Crippen molar-refractivity contribution in [3.8, 4) is 0 Å². The second-order valence-electron chi connectivity index (χ2n) is 8.59. The molecule has 6 rings (SSSR count). The van der Waals surface area contributed by atoms with Crippen molar-refractivity contribution in [1.82, 2.24) is 14.7 Å². The van der Waals surface area contributed by atoms with Crippen molar-refractivity contribution in [1.29, 1.82) is 0 Å². The minimum atomic E-state index is -3.64. The van der Waals surface area contributed by atoms with Crippen molar-refractivity contribution >= 4 is 53.9 Å². The monoisotopic (exact) mass is 521 g/mol. The van der Waals surface area contributed by atoms with Gasteiger partial charge in [-0.15, -0.1) is 10.5 Å². The molecule has 0 aliphatic carbocycles. The van der Waals surface area contributed by atoms with Crippen LogP contribution in [0.1, 0.15) is 5.56 Å². The number of fused-ring (bicyclic) bond motifs is 2. The number of thiazole rings is 1. The molecule has 0 bridgehead atoms. The van der Waals surface area contributed by atoms with Gasteiger partial charge in [-0.3, -0.25) is 0 Å². The van der Waals surface area contributed by atoms with Gasteiger partial charge in [-0.1, -0.05) is 23.5 Å². The molecule has 4 aromatic rings. The van der Waals surface area contributed by atoms with Crippen LogP contribution in [0, 0.1) is 5.82 Å². The van der Waals surface area contributed by atoms with E-state index in [4.69, 9.17) is 4.98 Å². The summed E-state index contributed by atoms with van der Waals surface area (Å²) in [5, 5.41) is 5.10. The van der Waals surface area contributed by atoms with E-state index < -0.39 is 10.0 Å². The largest absolute Gasteiger partial charge is 0.345 e. The number of hydrogen-bond donors (Lipinski definition) is 0. The summed E-state index contributed by atoms with van der Waals surface area (Å²) in [5.74, 6) is 0.141. The van der Waals surface area contributed by atoms with Gasteiger partial charge in [-0.2, -0.15) is 4.31 Å². The molecule has 1 radical (unpaired) electrons. The van der Waals surface area contributed by atoms with Crippen molar-refractivity contribution in [3.05, 3.63) is 78.1 Å². The third-order valence-corrected chi connectivity index (χ3v) is 9.43. The smallest absolute Gasteiger partial charge is 0.243 e. The Bertz CT molecular complexity index is 1540. The quantitative estimate of drug-likeness (QED) is 0.406. The Morgan fingerprint density at radius 1 is 0.972 bits per heavy atom. The van der Waals surface area contributed by atoms with Crippen LogP contribution in [-0.2, 0) is 10.0 Å². The zero-order valence-electron chi connectivity index (χ0n) is 19.4. The molecule has 1 fully saturated rings. The molecule has 2 aliphatic heterocycles.